The Hall–Kier alpha value is -2.20. The molecule has 2 aromatic carbocycles. The molecule has 0 aliphatic rings. The first-order chi connectivity index (χ1) is 9.18. The summed E-state index contributed by atoms with van der Waals surface area (Å²) in [5, 5.41) is 9.04. The summed E-state index contributed by atoms with van der Waals surface area (Å²) in [7, 11) is 0. The van der Waals surface area contributed by atoms with Crippen molar-refractivity contribution in [3.05, 3.63) is 66.2 Å². The van der Waals surface area contributed by atoms with Crippen LogP contribution in [-0.2, 0) is 4.79 Å². The van der Waals surface area contributed by atoms with Gasteiger partial charge in [-0.15, -0.1) is 0 Å². The number of carboxylic acids is 1. The van der Waals surface area contributed by atoms with Crippen LogP contribution in [0, 0.1) is 0 Å². The van der Waals surface area contributed by atoms with Gasteiger partial charge in [0, 0.05) is 11.3 Å². The van der Waals surface area contributed by atoms with E-state index in [1.807, 2.05) is 60.7 Å². The van der Waals surface area contributed by atoms with Crippen LogP contribution in [0.25, 0.3) is 0 Å². The van der Waals surface area contributed by atoms with E-state index in [4.69, 9.17) is 17.3 Å². The standard InChI is InChI=1S/C15H13NO2S/c17-14(18)11-16(13-9-5-2-6-10-13)15(19)12-7-3-1-4-8-12/h1-10H,11H2,(H,17,18). The molecule has 0 aliphatic heterocycles. The van der Waals surface area contributed by atoms with Crippen LogP contribution < -0.4 is 4.90 Å². The fourth-order valence-corrected chi connectivity index (χ4v) is 2.07. The van der Waals surface area contributed by atoms with Crippen molar-refractivity contribution < 1.29 is 9.90 Å². The van der Waals surface area contributed by atoms with Gasteiger partial charge in [-0.05, 0) is 12.1 Å². The fraction of sp³-hybridized carbons (Fsp3) is 0.0667. The Bertz CT molecular complexity index is 569. The molecular formula is C15H13NO2S. The lowest BCUT2D eigenvalue weighted by Gasteiger charge is -2.23. The molecule has 0 atom stereocenters. The zero-order valence-electron chi connectivity index (χ0n) is 10.2. The molecule has 19 heavy (non-hydrogen) atoms. The van der Waals surface area contributed by atoms with Crippen LogP contribution in [0.15, 0.2) is 60.7 Å². The molecular weight excluding hydrogens is 258 g/mol. The van der Waals surface area contributed by atoms with Crippen molar-refractivity contribution in [3.8, 4) is 0 Å². The number of carbonyl (C=O) groups is 1. The number of hydrogen-bond acceptors (Lipinski definition) is 2. The highest BCUT2D eigenvalue weighted by Crippen LogP contribution is 2.17. The maximum absolute atomic E-state index is 11.0. The summed E-state index contributed by atoms with van der Waals surface area (Å²) in [4.78, 5) is 13.1. The van der Waals surface area contributed by atoms with E-state index in [0.29, 0.717) is 4.99 Å². The number of nitrogens with zero attached hydrogens (tertiary/aromatic N) is 1. The molecule has 0 unspecified atom stereocenters. The van der Waals surface area contributed by atoms with Crippen molar-refractivity contribution in [1.29, 1.82) is 0 Å². The molecule has 2 rings (SSSR count). The van der Waals surface area contributed by atoms with Crippen LogP contribution in [0.3, 0.4) is 0 Å². The van der Waals surface area contributed by atoms with Crippen molar-refractivity contribution in [2.24, 2.45) is 0 Å². The smallest absolute Gasteiger partial charge is 0.323 e. The third kappa shape index (κ3) is 3.39. The first-order valence-electron chi connectivity index (χ1n) is 5.82. The molecule has 0 aliphatic carbocycles. The van der Waals surface area contributed by atoms with Crippen molar-refractivity contribution in [3.63, 3.8) is 0 Å². The maximum Gasteiger partial charge on any atom is 0.323 e. The predicted molar refractivity (Wildman–Crippen MR) is 79.6 cm³/mol. The monoisotopic (exact) mass is 271 g/mol. The Balaban J connectivity index is 2.33. The van der Waals surface area contributed by atoms with Crippen molar-refractivity contribution in [2.75, 3.05) is 11.4 Å². The Morgan fingerprint density at radius 3 is 2.05 bits per heavy atom. The maximum atomic E-state index is 11.0. The zero-order chi connectivity index (χ0) is 13.7. The minimum atomic E-state index is -0.915. The molecule has 1 N–H and O–H groups in total. The molecule has 0 saturated heterocycles. The minimum Gasteiger partial charge on any atom is -0.480 e. The molecule has 0 spiro atoms. The zero-order valence-corrected chi connectivity index (χ0v) is 11.0. The van der Waals surface area contributed by atoms with Gasteiger partial charge in [0.1, 0.15) is 11.5 Å². The van der Waals surface area contributed by atoms with Crippen LogP contribution in [0.1, 0.15) is 5.56 Å². The topological polar surface area (TPSA) is 40.5 Å². The average molecular weight is 271 g/mol. The van der Waals surface area contributed by atoms with Crippen LogP contribution in [0.2, 0.25) is 0 Å². The molecule has 2 aromatic rings. The highest BCUT2D eigenvalue weighted by molar-refractivity contribution is 7.81. The fourth-order valence-electron chi connectivity index (χ4n) is 1.76. The first-order valence-corrected chi connectivity index (χ1v) is 6.23. The lowest BCUT2D eigenvalue weighted by atomic mass is 10.2. The van der Waals surface area contributed by atoms with Crippen molar-refractivity contribution in [1.82, 2.24) is 0 Å². The number of para-hydroxylation sites is 1. The highest BCUT2D eigenvalue weighted by atomic mass is 32.1. The van der Waals surface area contributed by atoms with Gasteiger partial charge >= 0.3 is 5.97 Å². The number of thiocarbonyl (C=S) groups is 1. The quantitative estimate of drug-likeness (QED) is 0.868. The number of hydrogen-bond donors (Lipinski definition) is 1. The van der Waals surface area contributed by atoms with Crippen molar-refractivity contribution in [2.45, 2.75) is 0 Å². The van der Waals surface area contributed by atoms with Gasteiger partial charge < -0.3 is 10.0 Å². The molecule has 0 fully saturated rings. The van der Waals surface area contributed by atoms with E-state index in [-0.39, 0.29) is 6.54 Å². The summed E-state index contributed by atoms with van der Waals surface area (Å²) in [6.45, 7) is -0.155. The summed E-state index contributed by atoms with van der Waals surface area (Å²) < 4.78 is 0. The summed E-state index contributed by atoms with van der Waals surface area (Å²) in [5.74, 6) is -0.915. The second-order valence-electron chi connectivity index (χ2n) is 3.99. The second-order valence-corrected chi connectivity index (χ2v) is 4.37. The molecule has 0 amide bonds. The third-order valence-electron chi connectivity index (χ3n) is 2.63. The van der Waals surface area contributed by atoms with Crippen LogP contribution >= 0.6 is 12.2 Å². The van der Waals surface area contributed by atoms with E-state index in [0.717, 1.165) is 11.3 Å². The van der Waals surface area contributed by atoms with E-state index in [2.05, 4.69) is 0 Å². The van der Waals surface area contributed by atoms with E-state index >= 15 is 0 Å². The van der Waals surface area contributed by atoms with Gasteiger partial charge in [-0.2, -0.15) is 0 Å². The first kappa shape index (κ1) is 13.2. The lowest BCUT2D eigenvalue weighted by molar-refractivity contribution is -0.135. The van der Waals surface area contributed by atoms with Gasteiger partial charge in [0.15, 0.2) is 0 Å². The molecule has 0 radical (unpaired) electrons. The Labute approximate surface area is 117 Å². The molecule has 3 nitrogen and oxygen atoms in total. The number of carboxylic acid groups (broad SMARTS) is 1. The van der Waals surface area contributed by atoms with Crippen LogP contribution in [0.4, 0.5) is 5.69 Å². The SMILES string of the molecule is O=C(O)CN(C(=S)c1ccccc1)c1ccccc1. The number of rotatable bonds is 4. The largest absolute Gasteiger partial charge is 0.480 e. The van der Waals surface area contributed by atoms with E-state index in [9.17, 15) is 4.79 Å². The number of aliphatic carboxylic acids is 1. The molecule has 0 saturated carbocycles. The third-order valence-corrected chi connectivity index (χ3v) is 3.08. The summed E-state index contributed by atoms with van der Waals surface area (Å²) in [6.07, 6.45) is 0. The summed E-state index contributed by atoms with van der Waals surface area (Å²) in [5.41, 5.74) is 1.61. The molecule has 4 heteroatoms. The van der Waals surface area contributed by atoms with Gasteiger partial charge in [-0.25, -0.2) is 0 Å². The van der Waals surface area contributed by atoms with Crippen LogP contribution in [-0.4, -0.2) is 22.6 Å². The lowest BCUT2D eigenvalue weighted by Crippen LogP contribution is -2.35. The minimum absolute atomic E-state index is 0.155. The van der Waals surface area contributed by atoms with E-state index < -0.39 is 5.97 Å². The molecule has 0 bridgehead atoms. The Morgan fingerprint density at radius 1 is 1.00 bits per heavy atom. The molecule has 96 valence electrons. The van der Waals surface area contributed by atoms with Crippen LogP contribution in [0.5, 0.6) is 0 Å². The number of anilines is 1. The van der Waals surface area contributed by atoms with E-state index in [1.54, 1.807) is 4.90 Å². The van der Waals surface area contributed by atoms with Gasteiger partial charge in [-0.1, -0.05) is 60.7 Å². The molecule has 0 heterocycles. The van der Waals surface area contributed by atoms with Gasteiger partial charge in [0.05, 0.1) is 0 Å². The average Bonchev–Trinajstić information content (AvgIpc) is 2.46. The van der Waals surface area contributed by atoms with Crippen molar-refractivity contribution >= 4 is 28.9 Å². The predicted octanol–water partition coefficient (Wildman–Crippen LogP) is 2.95. The Kier molecular flexibility index (Phi) is 4.26. The molecule has 0 aromatic heterocycles. The Morgan fingerprint density at radius 2 is 1.53 bits per heavy atom. The number of benzene rings is 2. The normalized spacial score (nSPS) is 9.89. The summed E-state index contributed by atoms with van der Waals surface area (Å²) in [6, 6.07) is 18.7. The summed E-state index contributed by atoms with van der Waals surface area (Å²) >= 11 is 5.40. The van der Waals surface area contributed by atoms with Gasteiger partial charge in [-0.3, -0.25) is 4.79 Å². The van der Waals surface area contributed by atoms with Gasteiger partial charge in [0.25, 0.3) is 0 Å². The second kappa shape index (κ2) is 6.11. The van der Waals surface area contributed by atoms with Gasteiger partial charge in [0.2, 0.25) is 0 Å². The highest BCUT2D eigenvalue weighted by Gasteiger charge is 2.16. The van der Waals surface area contributed by atoms with E-state index in [1.165, 1.54) is 0 Å².